The molecule has 0 radical (unpaired) electrons. The molecule has 0 amide bonds. The zero-order valence-electron chi connectivity index (χ0n) is 18.3. The van der Waals surface area contributed by atoms with Crippen molar-refractivity contribution < 1.29 is 8.42 Å². The molecule has 0 spiro atoms. The lowest BCUT2D eigenvalue weighted by atomic mass is 9.67. The molecule has 0 unspecified atom stereocenters. The maximum absolute atomic E-state index is 11.8. The molecule has 1 aliphatic carbocycles. The predicted octanol–water partition coefficient (Wildman–Crippen LogP) is 3.50. The second kappa shape index (κ2) is 8.01. The summed E-state index contributed by atoms with van der Waals surface area (Å²) in [7, 11) is -3.41. The SMILES string of the molecule is CS(=O)(=O)c1ccc(-c2cc3ncccc3c(-c3ccn([C@]4(CC#N)C[C@H](C#N)C4)n3)n2)cn1. The maximum atomic E-state index is 11.8. The Bertz CT molecular complexity index is 1590. The van der Waals surface area contributed by atoms with Crippen LogP contribution < -0.4 is 0 Å². The van der Waals surface area contributed by atoms with Crippen LogP contribution in [0.25, 0.3) is 33.5 Å². The number of rotatable bonds is 5. The molecule has 0 atom stereocenters. The van der Waals surface area contributed by atoms with Crippen LogP contribution in [-0.2, 0) is 15.4 Å². The highest BCUT2D eigenvalue weighted by molar-refractivity contribution is 7.90. The average Bonchev–Trinajstić information content (AvgIpc) is 3.30. The Morgan fingerprint density at radius 2 is 1.97 bits per heavy atom. The van der Waals surface area contributed by atoms with Crippen molar-refractivity contribution in [2.24, 2.45) is 5.92 Å². The van der Waals surface area contributed by atoms with E-state index in [1.165, 1.54) is 12.3 Å². The van der Waals surface area contributed by atoms with Gasteiger partial charge in [0.05, 0.1) is 41.2 Å². The van der Waals surface area contributed by atoms with Gasteiger partial charge in [-0.2, -0.15) is 15.6 Å². The molecular formula is C24H19N7O2S. The van der Waals surface area contributed by atoms with Gasteiger partial charge in [-0.25, -0.2) is 18.4 Å². The van der Waals surface area contributed by atoms with Crippen LogP contribution in [0.2, 0.25) is 0 Å². The molecule has 0 N–H and O–H groups in total. The van der Waals surface area contributed by atoms with Crippen LogP contribution in [0.1, 0.15) is 19.3 Å². The van der Waals surface area contributed by atoms with Crippen molar-refractivity contribution in [1.29, 1.82) is 10.5 Å². The molecule has 4 aromatic heterocycles. The quantitative estimate of drug-likeness (QED) is 0.433. The summed E-state index contributed by atoms with van der Waals surface area (Å²) in [6.07, 6.45) is 7.58. The van der Waals surface area contributed by atoms with Gasteiger partial charge in [0.1, 0.15) is 11.4 Å². The first-order valence-corrected chi connectivity index (χ1v) is 12.5. The zero-order chi connectivity index (χ0) is 23.9. The number of nitriles is 2. The fourth-order valence-corrected chi connectivity index (χ4v) is 4.95. The van der Waals surface area contributed by atoms with Crippen LogP contribution in [0, 0.1) is 28.6 Å². The van der Waals surface area contributed by atoms with Crippen molar-refractivity contribution in [1.82, 2.24) is 24.7 Å². The molecule has 0 bridgehead atoms. The van der Waals surface area contributed by atoms with E-state index >= 15 is 0 Å². The number of fused-ring (bicyclic) bond motifs is 1. The smallest absolute Gasteiger partial charge is 0.192 e. The van der Waals surface area contributed by atoms with Crippen LogP contribution in [0.5, 0.6) is 0 Å². The molecule has 168 valence electrons. The molecule has 4 aromatic rings. The lowest BCUT2D eigenvalue weighted by molar-refractivity contribution is 0.0884. The Balaban J connectivity index is 1.60. The first kappa shape index (κ1) is 21.7. The van der Waals surface area contributed by atoms with Crippen molar-refractivity contribution in [3.8, 4) is 34.8 Å². The third kappa shape index (κ3) is 3.68. The van der Waals surface area contributed by atoms with Gasteiger partial charge in [0.15, 0.2) is 14.9 Å². The molecule has 9 nitrogen and oxygen atoms in total. The van der Waals surface area contributed by atoms with Crippen molar-refractivity contribution in [2.75, 3.05) is 6.26 Å². The first-order valence-electron chi connectivity index (χ1n) is 10.6. The van der Waals surface area contributed by atoms with E-state index < -0.39 is 15.4 Å². The summed E-state index contributed by atoms with van der Waals surface area (Å²) in [5, 5.41) is 24.1. The Hall–Kier alpha value is -4.15. The van der Waals surface area contributed by atoms with Crippen LogP contribution >= 0.6 is 0 Å². The Labute approximate surface area is 196 Å². The van der Waals surface area contributed by atoms with Gasteiger partial charge in [-0.05, 0) is 49.2 Å². The third-order valence-corrected chi connectivity index (χ3v) is 7.17. The van der Waals surface area contributed by atoms with E-state index in [0.717, 1.165) is 11.6 Å². The largest absolute Gasteiger partial charge is 0.265 e. The molecule has 5 rings (SSSR count). The molecule has 1 aliphatic rings. The highest BCUT2D eigenvalue weighted by Crippen LogP contribution is 2.46. The van der Waals surface area contributed by atoms with Crippen LogP contribution in [0.15, 0.2) is 60.0 Å². The second-order valence-electron chi connectivity index (χ2n) is 8.52. The summed E-state index contributed by atoms with van der Waals surface area (Å²) in [4.78, 5) is 13.4. The van der Waals surface area contributed by atoms with Crippen molar-refractivity contribution in [2.45, 2.75) is 29.8 Å². The lowest BCUT2D eigenvalue weighted by Crippen LogP contribution is -2.46. The fourth-order valence-electron chi connectivity index (χ4n) is 4.39. The number of hydrogen-bond donors (Lipinski definition) is 0. The minimum atomic E-state index is -3.41. The number of nitrogens with zero attached hydrogens (tertiary/aromatic N) is 7. The third-order valence-electron chi connectivity index (χ3n) is 6.17. The van der Waals surface area contributed by atoms with Gasteiger partial charge in [0.25, 0.3) is 0 Å². The maximum Gasteiger partial charge on any atom is 0.192 e. The van der Waals surface area contributed by atoms with Gasteiger partial charge in [-0.3, -0.25) is 9.67 Å². The van der Waals surface area contributed by atoms with Crippen LogP contribution in [-0.4, -0.2) is 39.4 Å². The van der Waals surface area contributed by atoms with Crippen LogP contribution in [0.3, 0.4) is 0 Å². The van der Waals surface area contributed by atoms with E-state index in [1.54, 1.807) is 16.9 Å². The summed E-state index contributed by atoms with van der Waals surface area (Å²) in [5.41, 5.74) is 2.71. The van der Waals surface area contributed by atoms with Gasteiger partial charge in [-0.15, -0.1) is 0 Å². The molecule has 1 saturated carbocycles. The fraction of sp³-hybridized carbons (Fsp3) is 0.250. The van der Waals surface area contributed by atoms with Crippen molar-refractivity contribution in [3.05, 3.63) is 55.0 Å². The minimum Gasteiger partial charge on any atom is -0.265 e. The van der Waals surface area contributed by atoms with Gasteiger partial charge in [0.2, 0.25) is 0 Å². The Morgan fingerprint density at radius 3 is 2.65 bits per heavy atom. The monoisotopic (exact) mass is 469 g/mol. The molecule has 1 fully saturated rings. The lowest BCUT2D eigenvalue weighted by Gasteiger charge is -2.43. The van der Waals surface area contributed by atoms with E-state index in [1.807, 2.05) is 30.5 Å². The predicted molar refractivity (Wildman–Crippen MR) is 124 cm³/mol. The summed E-state index contributed by atoms with van der Waals surface area (Å²) < 4.78 is 25.3. The number of hydrogen-bond acceptors (Lipinski definition) is 8. The molecule has 10 heteroatoms. The van der Waals surface area contributed by atoms with E-state index in [-0.39, 0.29) is 17.4 Å². The van der Waals surface area contributed by atoms with E-state index in [2.05, 4.69) is 22.1 Å². The normalized spacial score (nSPS) is 19.8. The molecule has 34 heavy (non-hydrogen) atoms. The van der Waals surface area contributed by atoms with Crippen molar-refractivity contribution in [3.63, 3.8) is 0 Å². The summed E-state index contributed by atoms with van der Waals surface area (Å²) in [5.74, 6) is -0.0742. The highest BCUT2D eigenvalue weighted by atomic mass is 32.2. The first-order chi connectivity index (χ1) is 16.3. The molecule has 0 aromatic carbocycles. The minimum absolute atomic E-state index is 0.00640. The van der Waals surface area contributed by atoms with Gasteiger partial charge < -0.3 is 0 Å². The average molecular weight is 470 g/mol. The van der Waals surface area contributed by atoms with E-state index in [0.29, 0.717) is 41.0 Å². The van der Waals surface area contributed by atoms with Crippen LogP contribution in [0.4, 0.5) is 0 Å². The zero-order valence-corrected chi connectivity index (χ0v) is 19.1. The van der Waals surface area contributed by atoms with E-state index in [4.69, 9.17) is 10.1 Å². The molecule has 0 aliphatic heterocycles. The topological polar surface area (TPSA) is 138 Å². The van der Waals surface area contributed by atoms with Gasteiger partial charge in [0, 0.05) is 35.8 Å². The number of sulfone groups is 1. The number of pyridine rings is 3. The highest BCUT2D eigenvalue weighted by Gasteiger charge is 2.46. The Morgan fingerprint density at radius 1 is 1.15 bits per heavy atom. The molecule has 0 saturated heterocycles. The Kier molecular flexibility index (Phi) is 5.11. The van der Waals surface area contributed by atoms with Gasteiger partial charge in [-0.1, -0.05) is 0 Å². The van der Waals surface area contributed by atoms with E-state index in [9.17, 15) is 18.9 Å². The molecular weight excluding hydrogens is 450 g/mol. The summed E-state index contributed by atoms with van der Waals surface area (Å²) in [6.45, 7) is 0. The summed E-state index contributed by atoms with van der Waals surface area (Å²) in [6, 6.07) is 15.0. The summed E-state index contributed by atoms with van der Waals surface area (Å²) >= 11 is 0. The van der Waals surface area contributed by atoms with Gasteiger partial charge >= 0.3 is 0 Å². The second-order valence-corrected chi connectivity index (χ2v) is 10.5. The van der Waals surface area contributed by atoms with Crippen molar-refractivity contribution >= 4 is 20.7 Å². The molecule has 4 heterocycles. The number of aromatic nitrogens is 5. The standard InChI is InChI=1S/C24H19N7O2S/c1-34(32,33)22-5-4-17(15-28-22)20-11-21-18(3-2-9-27-21)23(29-20)19-6-10-31(30-19)24(7-8-25)12-16(13-24)14-26/h2-6,9-11,15-16H,7,12-13H2,1H3/t16-,24+.